The van der Waals surface area contributed by atoms with Crippen LogP contribution in [0.15, 0.2) is 229 Å². The Morgan fingerprint density at radius 3 is 1.64 bits per heavy atom. The first-order chi connectivity index (χ1) is 28.8. The van der Waals surface area contributed by atoms with E-state index in [4.69, 9.17) is 4.42 Å². The quantitative estimate of drug-likeness (QED) is 0.151. The Morgan fingerprint density at radius 1 is 0.310 bits per heavy atom. The largest absolute Gasteiger partial charge is 0.455 e. The summed E-state index contributed by atoms with van der Waals surface area (Å²) in [6, 6.07) is 80.6. The molecule has 0 aliphatic carbocycles. The molecule has 58 heavy (non-hydrogen) atoms. The lowest BCUT2D eigenvalue weighted by atomic mass is 9.93. The van der Waals surface area contributed by atoms with Gasteiger partial charge in [0.15, 0.2) is 0 Å². The Hall–Kier alpha value is -7.68. The molecule has 0 amide bonds. The molecule has 272 valence electrons. The van der Waals surface area contributed by atoms with Gasteiger partial charge in [-0.1, -0.05) is 188 Å². The number of benzene rings is 10. The van der Waals surface area contributed by atoms with Crippen LogP contribution in [0.25, 0.3) is 88.0 Å². The van der Waals surface area contributed by atoms with Crippen LogP contribution in [0.5, 0.6) is 0 Å². The van der Waals surface area contributed by atoms with Crippen molar-refractivity contribution >= 4 is 60.5 Å². The van der Waals surface area contributed by atoms with E-state index in [0.29, 0.717) is 0 Å². The predicted molar refractivity (Wildman–Crippen MR) is 245 cm³/mol. The number of nitrogens with zero attached hydrogens (tertiary/aromatic N) is 1. The molecule has 0 fully saturated rings. The van der Waals surface area contributed by atoms with Gasteiger partial charge in [-0.3, -0.25) is 0 Å². The number of hydrogen-bond acceptors (Lipinski definition) is 2. The Morgan fingerprint density at radius 2 is 0.879 bits per heavy atom. The molecule has 10 aromatic carbocycles. The molecular formula is C56H37NO. The number of fused-ring (bicyclic) bond motifs is 6. The summed E-state index contributed by atoms with van der Waals surface area (Å²) in [5.41, 5.74) is 14.2. The summed E-state index contributed by atoms with van der Waals surface area (Å²) >= 11 is 0. The summed E-state index contributed by atoms with van der Waals surface area (Å²) < 4.78 is 6.90. The molecule has 0 radical (unpaired) electrons. The molecular weight excluding hydrogens is 703 g/mol. The highest BCUT2D eigenvalue weighted by atomic mass is 16.3. The normalized spacial score (nSPS) is 11.4. The SMILES string of the molecule is c1ccc(-c2ccc(-c3ccc(N(c4ccc(-c5ccccc5)c(-c5ccccc5)c4)c4cccc5c4ccc4ccccc45)c4c3oc3ccccc34)cc2)cc1. The van der Waals surface area contributed by atoms with Gasteiger partial charge in [0.25, 0.3) is 0 Å². The molecule has 1 heterocycles. The lowest BCUT2D eigenvalue weighted by molar-refractivity contribution is 0.670. The standard InChI is InChI=1S/C56H37NO/c1-4-15-38(16-5-1)39-27-29-43(30-28-39)47-35-36-53(55-50-23-12-13-26-54(50)58-56(47)55)57(52-25-14-24-48-45-22-11-10-21-42(45)31-33-49(48)52)44-32-34-46(40-17-6-2-7-18-40)51(37-44)41-19-8-3-9-20-41/h1-37H. The fraction of sp³-hybridized carbons (Fsp3) is 0. The first-order valence-electron chi connectivity index (χ1n) is 19.8. The van der Waals surface area contributed by atoms with Crippen molar-refractivity contribution < 1.29 is 4.42 Å². The van der Waals surface area contributed by atoms with Crippen LogP contribution in [0.1, 0.15) is 0 Å². The predicted octanol–water partition coefficient (Wildman–Crippen LogP) is 16.0. The molecule has 0 atom stereocenters. The van der Waals surface area contributed by atoms with Gasteiger partial charge in [0.05, 0.1) is 16.8 Å². The molecule has 2 heteroatoms. The van der Waals surface area contributed by atoms with Crippen LogP contribution < -0.4 is 4.90 Å². The third-order valence-electron chi connectivity index (χ3n) is 11.5. The zero-order chi connectivity index (χ0) is 38.4. The van der Waals surface area contributed by atoms with E-state index < -0.39 is 0 Å². The van der Waals surface area contributed by atoms with Gasteiger partial charge in [-0.05, 0) is 91.5 Å². The summed E-state index contributed by atoms with van der Waals surface area (Å²) in [5.74, 6) is 0. The van der Waals surface area contributed by atoms with Gasteiger partial charge in [0.2, 0.25) is 0 Å². The van der Waals surface area contributed by atoms with Gasteiger partial charge in [0, 0.05) is 22.0 Å². The first-order valence-corrected chi connectivity index (χ1v) is 19.8. The molecule has 0 saturated carbocycles. The number of furan rings is 1. The van der Waals surface area contributed by atoms with Crippen LogP contribution in [0.3, 0.4) is 0 Å². The highest BCUT2D eigenvalue weighted by Gasteiger charge is 2.24. The zero-order valence-electron chi connectivity index (χ0n) is 31.7. The monoisotopic (exact) mass is 739 g/mol. The lowest BCUT2D eigenvalue weighted by Gasteiger charge is -2.29. The molecule has 0 aliphatic rings. The van der Waals surface area contributed by atoms with Crippen LogP contribution in [-0.4, -0.2) is 0 Å². The van der Waals surface area contributed by atoms with Crippen LogP contribution in [0.2, 0.25) is 0 Å². The Bertz CT molecular complexity index is 3260. The highest BCUT2D eigenvalue weighted by molar-refractivity contribution is 6.19. The number of anilines is 3. The van der Waals surface area contributed by atoms with E-state index in [0.717, 1.165) is 50.1 Å². The third-order valence-corrected chi connectivity index (χ3v) is 11.5. The van der Waals surface area contributed by atoms with Crippen molar-refractivity contribution in [2.45, 2.75) is 0 Å². The fourth-order valence-electron chi connectivity index (χ4n) is 8.72. The van der Waals surface area contributed by atoms with Gasteiger partial charge in [-0.2, -0.15) is 0 Å². The summed E-state index contributed by atoms with van der Waals surface area (Å²) in [7, 11) is 0. The Labute approximate surface area is 337 Å². The number of para-hydroxylation sites is 1. The molecule has 0 spiro atoms. The fourth-order valence-corrected chi connectivity index (χ4v) is 8.72. The topological polar surface area (TPSA) is 16.4 Å². The lowest BCUT2D eigenvalue weighted by Crippen LogP contribution is -2.11. The smallest absolute Gasteiger partial charge is 0.145 e. The van der Waals surface area contributed by atoms with Crippen molar-refractivity contribution in [3.63, 3.8) is 0 Å². The summed E-state index contributed by atoms with van der Waals surface area (Å²) in [4.78, 5) is 2.45. The number of hydrogen-bond donors (Lipinski definition) is 0. The van der Waals surface area contributed by atoms with E-state index in [9.17, 15) is 0 Å². The molecule has 11 aromatic rings. The van der Waals surface area contributed by atoms with E-state index >= 15 is 0 Å². The maximum atomic E-state index is 6.90. The van der Waals surface area contributed by atoms with E-state index in [2.05, 4.69) is 229 Å². The summed E-state index contributed by atoms with van der Waals surface area (Å²) in [5, 5.41) is 7.01. The molecule has 2 nitrogen and oxygen atoms in total. The third kappa shape index (κ3) is 5.74. The average Bonchev–Trinajstić information content (AvgIpc) is 3.70. The summed E-state index contributed by atoms with van der Waals surface area (Å²) in [6.07, 6.45) is 0. The molecule has 11 rings (SSSR count). The minimum absolute atomic E-state index is 0.861. The van der Waals surface area contributed by atoms with Crippen LogP contribution in [0.4, 0.5) is 17.1 Å². The highest BCUT2D eigenvalue weighted by Crippen LogP contribution is 2.49. The van der Waals surface area contributed by atoms with Gasteiger partial charge >= 0.3 is 0 Å². The van der Waals surface area contributed by atoms with E-state index in [1.807, 2.05) is 0 Å². The van der Waals surface area contributed by atoms with E-state index in [1.165, 1.54) is 54.9 Å². The molecule has 0 saturated heterocycles. The van der Waals surface area contributed by atoms with Crippen molar-refractivity contribution in [2.24, 2.45) is 0 Å². The second-order valence-corrected chi connectivity index (χ2v) is 14.8. The maximum absolute atomic E-state index is 6.90. The molecule has 0 N–H and O–H groups in total. The van der Waals surface area contributed by atoms with Gasteiger partial charge in [-0.25, -0.2) is 0 Å². The summed E-state index contributed by atoms with van der Waals surface area (Å²) in [6.45, 7) is 0. The van der Waals surface area contributed by atoms with Crippen molar-refractivity contribution in [2.75, 3.05) is 4.90 Å². The van der Waals surface area contributed by atoms with Crippen molar-refractivity contribution in [3.8, 4) is 44.5 Å². The maximum Gasteiger partial charge on any atom is 0.145 e. The average molecular weight is 740 g/mol. The van der Waals surface area contributed by atoms with Crippen LogP contribution >= 0.6 is 0 Å². The Kier molecular flexibility index (Phi) is 8.19. The van der Waals surface area contributed by atoms with Gasteiger partial charge in [-0.15, -0.1) is 0 Å². The van der Waals surface area contributed by atoms with Gasteiger partial charge < -0.3 is 9.32 Å². The van der Waals surface area contributed by atoms with Crippen molar-refractivity contribution in [1.82, 2.24) is 0 Å². The molecule has 1 aromatic heterocycles. The zero-order valence-corrected chi connectivity index (χ0v) is 31.7. The van der Waals surface area contributed by atoms with Crippen LogP contribution in [0, 0.1) is 0 Å². The van der Waals surface area contributed by atoms with Crippen molar-refractivity contribution in [3.05, 3.63) is 224 Å². The molecule has 0 aliphatic heterocycles. The second kappa shape index (κ2) is 14.1. The number of rotatable bonds is 7. The van der Waals surface area contributed by atoms with E-state index in [-0.39, 0.29) is 0 Å². The van der Waals surface area contributed by atoms with Crippen LogP contribution in [-0.2, 0) is 0 Å². The molecule has 0 bridgehead atoms. The van der Waals surface area contributed by atoms with Crippen molar-refractivity contribution in [1.29, 1.82) is 0 Å². The molecule has 0 unspecified atom stereocenters. The first kappa shape index (κ1) is 33.6. The van der Waals surface area contributed by atoms with Gasteiger partial charge in [0.1, 0.15) is 11.2 Å². The minimum Gasteiger partial charge on any atom is -0.455 e. The minimum atomic E-state index is 0.861. The second-order valence-electron chi connectivity index (χ2n) is 14.8. The Balaban J connectivity index is 1.19. The van der Waals surface area contributed by atoms with E-state index in [1.54, 1.807) is 0 Å².